The van der Waals surface area contributed by atoms with Gasteiger partial charge < -0.3 is 15.3 Å². The molecule has 1 amide bonds. The maximum absolute atomic E-state index is 12.3. The molecule has 1 aromatic rings. The van der Waals surface area contributed by atoms with Gasteiger partial charge in [0.05, 0.1) is 0 Å². The first kappa shape index (κ1) is 12.8. The lowest BCUT2D eigenvalue weighted by molar-refractivity contribution is 0.0776. The van der Waals surface area contributed by atoms with Crippen molar-refractivity contribution < 1.29 is 9.90 Å². The number of nitrogens with zero attached hydrogens (tertiary/aromatic N) is 3. The quantitative estimate of drug-likeness (QED) is 0.805. The molecule has 98 valence electrons. The van der Waals surface area contributed by atoms with Crippen LogP contribution in [-0.4, -0.2) is 52.6 Å². The fourth-order valence-electron chi connectivity index (χ4n) is 2.12. The second-order valence-electron chi connectivity index (χ2n) is 4.56. The lowest BCUT2D eigenvalue weighted by Gasteiger charge is -2.16. The summed E-state index contributed by atoms with van der Waals surface area (Å²) in [6.45, 7) is 3.25. The molecular weight excluding hydrogens is 232 g/mol. The summed E-state index contributed by atoms with van der Waals surface area (Å²) in [5, 5.41) is 11.9. The number of aliphatic hydroxyl groups excluding tert-OH is 1. The van der Waals surface area contributed by atoms with E-state index < -0.39 is 0 Å². The largest absolute Gasteiger partial charge is 0.396 e. The highest BCUT2D eigenvalue weighted by molar-refractivity contribution is 5.92. The molecule has 6 nitrogen and oxygen atoms in total. The van der Waals surface area contributed by atoms with E-state index in [-0.39, 0.29) is 18.4 Å². The third kappa shape index (κ3) is 2.59. The van der Waals surface area contributed by atoms with E-state index in [1.807, 2.05) is 6.92 Å². The molecule has 1 aliphatic heterocycles. The number of aromatic nitrogens is 2. The minimum atomic E-state index is -0.0899. The zero-order valence-electron chi connectivity index (χ0n) is 10.7. The number of amides is 1. The van der Waals surface area contributed by atoms with Crippen molar-refractivity contribution in [3.05, 3.63) is 17.5 Å². The topological polar surface area (TPSA) is 78.4 Å². The molecule has 2 N–H and O–H groups in total. The molecule has 6 heteroatoms. The van der Waals surface area contributed by atoms with E-state index in [4.69, 9.17) is 5.11 Å². The van der Waals surface area contributed by atoms with Crippen LogP contribution in [0.3, 0.4) is 0 Å². The second kappa shape index (κ2) is 5.30. The summed E-state index contributed by atoms with van der Waals surface area (Å²) in [6.07, 6.45) is 0.852. The summed E-state index contributed by atoms with van der Waals surface area (Å²) >= 11 is 0. The van der Waals surface area contributed by atoms with Gasteiger partial charge in [-0.15, -0.1) is 0 Å². The molecule has 0 radical (unpaired) electrons. The third-order valence-electron chi connectivity index (χ3n) is 3.13. The van der Waals surface area contributed by atoms with E-state index in [1.54, 1.807) is 18.0 Å². The molecule has 0 spiro atoms. The molecule has 1 aromatic heterocycles. The molecule has 0 bridgehead atoms. The number of rotatable bonds is 3. The average Bonchev–Trinajstić information content (AvgIpc) is 2.85. The molecular formula is C12H18N4O2. The third-order valence-corrected chi connectivity index (χ3v) is 3.13. The summed E-state index contributed by atoms with van der Waals surface area (Å²) in [6, 6.07) is 1.69. The number of nitrogens with one attached hydrogen (secondary N) is 1. The van der Waals surface area contributed by atoms with Crippen LogP contribution < -0.4 is 5.32 Å². The van der Waals surface area contributed by atoms with Crippen LogP contribution in [0.5, 0.6) is 0 Å². The van der Waals surface area contributed by atoms with Gasteiger partial charge in [-0.3, -0.25) is 4.79 Å². The Labute approximate surface area is 106 Å². The lowest BCUT2D eigenvalue weighted by Crippen LogP contribution is -2.30. The highest BCUT2D eigenvalue weighted by Crippen LogP contribution is 2.18. The Kier molecular flexibility index (Phi) is 3.76. The molecule has 1 atom stereocenters. The fourth-order valence-corrected chi connectivity index (χ4v) is 2.12. The second-order valence-corrected chi connectivity index (χ2v) is 4.56. The predicted octanol–water partition coefficient (Wildman–Crippen LogP) is 0.281. The molecule has 18 heavy (non-hydrogen) atoms. The number of aliphatic hydroxyl groups is 1. The van der Waals surface area contributed by atoms with Crippen molar-refractivity contribution in [2.24, 2.45) is 5.92 Å². The number of hydrogen-bond donors (Lipinski definition) is 2. The molecule has 1 aliphatic rings. The molecule has 2 rings (SSSR count). The van der Waals surface area contributed by atoms with Gasteiger partial charge in [0.15, 0.2) is 0 Å². The van der Waals surface area contributed by atoms with Crippen LogP contribution in [0.4, 0.5) is 5.95 Å². The number of anilines is 1. The van der Waals surface area contributed by atoms with Crippen molar-refractivity contribution in [3.63, 3.8) is 0 Å². The molecule has 0 aromatic carbocycles. The fraction of sp³-hybridized carbons (Fsp3) is 0.583. The molecule has 1 saturated heterocycles. The Morgan fingerprint density at radius 3 is 3.00 bits per heavy atom. The Hall–Kier alpha value is -1.69. The minimum absolute atomic E-state index is 0.0899. The van der Waals surface area contributed by atoms with Crippen LogP contribution in [0.2, 0.25) is 0 Å². The lowest BCUT2D eigenvalue weighted by atomic mass is 10.1. The first-order valence-corrected chi connectivity index (χ1v) is 6.07. The van der Waals surface area contributed by atoms with Gasteiger partial charge in [0, 0.05) is 38.4 Å². The summed E-state index contributed by atoms with van der Waals surface area (Å²) in [5.74, 6) is 0.560. The summed E-state index contributed by atoms with van der Waals surface area (Å²) in [4.78, 5) is 22.3. The van der Waals surface area contributed by atoms with Crippen LogP contribution in [0.15, 0.2) is 6.07 Å². The van der Waals surface area contributed by atoms with Crippen LogP contribution in [0, 0.1) is 12.8 Å². The minimum Gasteiger partial charge on any atom is -0.396 e. The average molecular weight is 250 g/mol. The van der Waals surface area contributed by atoms with E-state index in [1.165, 1.54) is 0 Å². The van der Waals surface area contributed by atoms with Gasteiger partial charge in [0.25, 0.3) is 5.91 Å². The smallest absolute Gasteiger partial charge is 0.272 e. The van der Waals surface area contributed by atoms with Crippen molar-refractivity contribution in [2.45, 2.75) is 13.3 Å². The standard InChI is InChI=1S/C12H18N4O2/c1-8-5-10(15-12(13-2)14-8)11(18)16-4-3-9(6-16)7-17/h5,9,17H,3-4,6-7H2,1-2H3,(H,13,14,15). The van der Waals surface area contributed by atoms with Gasteiger partial charge in [-0.2, -0.15) is 0 Å². The Balaban J connectivity index is 2.16. The Morgan fingerprint density at radius 1 is 1.61 bits per heavy atom. The van der Waals surface area contributed by atoms with Gasteiger partial charge >= 0.3 is 0 Å². The van der Waals surface area contributed by atoms with Crippen molar-refractivity contribution in [1.29, 1.82) is 0 Å². The van der Waals surface area contributed by atoms with Gasteiger partial charge in [-0.1, -0.05) is 0 Å². The predicted molar refractivity (Wildman–Crippen MR) is 67.4 cm³/mol. The number of carbonyl (C=O) groups is 1. The number of aryl methyl sites for hydroxylation is 1. The SMILES string of the molecule is CNc1nc(C)cc(C(=O)N2CCC(CO)C2)n1. The summed E-state index contributed by atoms with van der Waals surface area (Å²) < 4.78 is 0. The molecule has 0 aliphatic carbocycles. The molecule has 1 unspecified atom stereocenters. The molecule has 1 fully saturated rings. The molecule has 0 saturated carbocycles. The highest BCUT2D eigenvalue weighted by atomic mass is 16.3. The van der Waals surface area contributed by atoms with Crippen LogP contribution in [0.25, 0.3) is 0 Å². The first-order chi connectivity index (χ1) is 8.63. The van der Waals surface area contributed by atoms with Crippen molar-refractivity contribution in [1.82, 2.24) is 14.9 Å². The normalized spacial score (nSPS) is 19.1. The van der Waals surface area contributed by atoms with Crippen molar-refractivity contribution in [2.75, 3.05) is 32.1 Å². The maximum Gasteiger partial charge on any atom is 0.272 e. The van der Waals surface area contributed by atoms with E-state index in [0.717, 1.165) is 12.1 Å². The first-order valence-electron chi connectivity index (χ1n) is 6.07. The summed E-state index contributed by atoms with van der Waals surface area (Å²) in [7, 11) is 1.72. The van der Waals surface area contributed by atoms with Crippen LogP contribution in [-0.2, 0) is 0 Å². The van der Waals surface area contributed by atoms with E-state index in [0.29, 0.717) is 24.7 Å². The van der Waals surface area contributed by atoms with Crippen molar-refractivity contribution >= 4 is 11.9 Å². The monoisotopic (exact) mass is 250 g/mol. The highest BCUT2D eigenvalue weighted by Gasteiger charge is 2.27. The summed E-state index contributed by atoms with van der Waals surface area (Å²) in [5.41, 5.74) is 1.17. The van der Waals surface area contributed by atoms with Gasteiger partial charge in [-0.05, 0) is 19.4 Å². The Bertz CT molecular complexity index is 450. The van der Waals surface area contributed by atoms with Crippen LogP contribution >= 0.6 is 0 Å². The van der Waals surface area contributed by atoms with Gasteiger partial charge in [0.2, 0.25) is 5.95 Å². The zero-order chi connectivity index (χ0) is 13.1. The zero-order valence-corrected chi connectivity index (χ0v) is 10.7. The van der Waals surface area contributed by atoms with E-state index in [9.17, 15) is 4.79 Å². The number of carbonyl (C=O) groups excluding carboxylic acids is 1. The van der Waals surface area contributed by atoms with Gasteiger partial charge in [0.1, 0.15) is 5.69 Å². The van der Waals surface area contributed by atoms with Gasteiger partial charge in [-0.25, -0.2) is 9.97 Å². The van der Waals surface area contributed by atoms with Crippen molar-refractivity contribution in [3.8, 4) is 0 Å². The number of likely N-dealkylation sites (tertiary alicyclic amines) is 1. The maximum atomic E-state index is 12.3. The Morgan fingerprint density at radius 2 is 2.39 bits per heavy atom. The van der Waals surface area contributed by atoms with Crippen LogP contribution in [0.1, 0.15) is 22.6 Å². The van der Waals surface area contributed by atoms with E-state index in [2.05, 4.69) is 15.3 Å². The number of hydrogen-bond acceptors (Lipinski definition) is 5. The molecule has 2 heterocycles. The van der Waals surface area contributed by atoms with E-state index >= 15 is 0 Å².